The number of allylic oxidation sites excluding steroid dienone is 2. The molecule has 0 radical (unpaired) electrons. The van der Waals surface area contributed by atoms with Crippen molar-refractivity contribution in [1.29, 1.82) is 0 Å². The number of carbonyl (C=O) groups is 1. The molecule has 0 saturated carbocycles. The van der Waals surface area contributed by atoms with Gasteiger partial charge in [-0.1, -0.05) is 25.1 Å². The summed E-state index contributed by atoms with van der Waals surface area (Å²) in [5.74, 6) is -0.513. The molecule has 0 heterocycles. The quantitative estimate of drug-likeness (QED) is 0.327. The summed E-state index contributed by atoms with van der Waals surface area (Å²) in [6.07, 6.45) is 5.13. The maximum atomic E-state index is 14.3. The van der Waals surface area contributed by atoms with Gasteiger partial charge in [0, 0.05) is 18.0 Å². The summed E-state index contributed by atoms with van der Waals surface area (Å²) in [6.45, 7) is 11.3. The number of amides is 1. The van der Waals surface area contributed by atoms with E-state index in [2.05, 4.69) is 55.8 Å². The molecule has 2 aromatic rings. The van der Waals surface area contributed by atoms with Crippen LogP contribution in [0.25, 0.3) is 17.2 Å². The Morgan fingerprint density at radius 3 is 2.52 bits per heavy atom. The van der Waals surface area contributed by atoms with Gasteiger partial charge in [-0.15, -0.1) is 11.8 Å². The zero-order chi connectivity index (χ0) is 24.0. The second-order valence-corrected chi connectivity index (χ2v) is 9.29. The van der Waals surface area contributed by atoms with Crippen molar-refractivity contribution in [2.75, 3.05) is 32.4 Å². The van der Waals surface area contributed by atoms with Crippen LogP contribution in [0.3, 0.4) is 0 Å². The normalized spacial score (nSPS) is 15.2. The van der Waals surface area contributed by atoms with E-state index in [4.69, 9.17) is 0 Å². The molecule has 33 heavy (non-hydrogen) atoms. The summed E-state index contributed by atoms with van der Waals surface area (Å²) in [7, 11) is 0. The van der Waals surface area contributed by atoms with Crippen LogP contribution in [0.2, 0.25) is 0 Å². The molecule has 1 atom stereocenters. The summed E-state index contributed by atoms with van der Waals surface area (Å²) in [5, 5.41) is 3.32. The highest BCUT2D eigenvalue weighted by molar-refractivity contribution is 7.98. The number of fused-ring (bicyclic) bond motifs is 1. The molecule has 0 fully saturated rings. The van der Waals surface area contributed by atoms with Gasteiger partial charge in [0.05, 0.1) is 5.92 Å². The number of carbonyl (C=O) groups excluding carboxylic acids is 1. The lowest BCUT2D eigenvalue weighted by atomic mass is 9.92. The van der Waals surface area contributed by atoms with E-state index in [-0.39, 0.29) is 17.6 Å². The first-order valence-corrected chi connectivity index (χ1v) is 13.0. The minimum Gasteiger partial charge on any atom is -0.342 e. The molecular weight excluding hydrogens is 431 g/mol. The van der Waals surface area contributed by atoms with E-state index in [1.165, 1.54) is 11.0 Å². The van der Waals surface area contributed by atoms with Gasteiger partial charge in [0.15, 0.2) is 0 Å². The lowest BCUT2D eigenvalue weighted by Gasteiger charge is -2.26. The Kier molecular flexibility index (Phi) is 8.93. The smallest absolute Gasteiger partial charge is 0.229 e. The van der Waals surface area contributed by atoms with Crippen molar-refractivity contribution in [2.24, 2.45) is 5.92 Å². The summed E-state index contributed by atoms with van der Waals surface area (Å²) in [5.41, 5.74) is 5.97. The lowest BCUT2D eigenvalue weighted by Crippen LogP contribution is -2.37. The molecule has 1 aliphatic rings. The van der Waals surface area contributed by atoms with Gasteiger partial charge in [0.2, 0.25) is 5.91 Å². The average molecular weight is 467 g/mol. The molecule has 1 unspecified atom stereocenters. The standard InChI is InChI=1S/C28H35FN2OS/c1-6-30-15-8-16-31(7-2)28(32)20(4)27-19(3)25(24-14-11-22(29)18-26(24)27)17-21-9-12-23(33-5)13-10-21/h9-14,17-18,20,30H,6-8,15-16H2,1-5H3/b25-17-. The fourth-order valence-electron chi connectivity index (χ4n) is 4.53. The van der Waals surface area contributed by atoms with Gasteiger partial charge in [-0.25, -0.2) is 4.39 Å². The maximum Gasteiger partial charge on any atom is 0.229 e. The van der Waals surface area contributed by atoms with Crippen molar-refractivity contribution < 1.29 is 9.18 Å². The molecule has 0 spiro atoms. The van der Waals surface area contributed by atoms with Crippen LogP contribution in [0.4, 0.5) is 4.39 Å². The van der Waals surface area contributed by atoms with E-state index in [0.717, 1.165) is 59.5 Å². The van der Waals surface area contributed by atoms with Crippen LogP contribution in [0.15, 0.2) is 52.9 Å². The Hall–Kier alpha value is -2.37. The molecule has 0 aliphatic heterocycles. The van der Waals surface area contributed by atoms with Crippen LogP contribution in [-0.2, 0) is 4.79 Å². The number of halogens is 1. The third kappa shape index (κ3) is 5.77. The van der Waals surface area contributed by atoms with E-state index in [0.29, 0.717) is 6.54 Å². The largest absolute Gasteiger partial charge is 0.342 e. The van der Waals surface area contributed by atoms with E-state index in [9.17, 15) is 9.18 Å². The average Bonchev–Trinajstić information content (AvgIpc) is 3.09. The van der Waals surface area contributed by atoms with Gasteiger partial charge < -0.3 is 10.2 Å². The monoisotopic (exact) mass is 466 g/mol. The fourth-order valence-corrected chi connectivity index (χ4v) is 4.94. The third-order valence-electron chi connectivity index (χ3n) is 6.33. The first kappa shape index (κ1) is 25.3. The molecule has 0 aromatic heterocycles. The van der Waals surface area contributed by atoms with Crippen LogP contribution < -0.4 is 5.32 Å². The van der Waals surface area contributed by atoms with Crippen molar-refractivity contribution in [3.8, 4) is 0 Å². The van der Waals surface area contributed by atoms with Crippen LogP contribution in [0.1, 0.15) is 50.8 Å². The number of thioether (sulfide) groups is 1. The summed E-state index contributed by atoms with van der Waals surface area (Å²) in [6, 6.07) is 13.3. The summed E-state index contributed by atoms with van der Waals surface area (Å²) < 4.78 is 14.3. The maximum absolute atomic E-state index is 14.3. The van der Waals surface area contributed by atoms with Gasteiger partial charge in [0.1, 0.15) is 5.82 Å². The van der Waals surface area contributed by atoms with E-state index < -0.39 is 0 Å². The van der Waals surface area contributed by atoms with Gasteiger partial charge in [-0.2, -0.15) is 0 Å². The van der Waals surface area contributed by atoms with Crippen molar-refractivity contribution in [2.45, 2.75) is 39.0 Å². The predicted octanol–water partition coefficient (Wildman–Crippen LogP) is 6.36. The first-order valence-electron chi connectivity index (χ1n) is 11.8. The number of hydrogen-bond acceptors (Lipinski definition) is 3. The molecular formula is C28H35FN2OS. The highest BCUT2D eigenvalue weighted by Gasteiger charge is 2.32. The molecule has 3 rings (SSSR count). The number of benzene rings is 2. The lowest BCUT2D eigenvalue weighted by molar-refractivity contribution is -0.133. The van der Waals surface area contributed by atoms with Crippen molar-refractivity contribution in [3.05, 3.63) is 70.5 Å². The molecule has 1 N–H and O–H groups in total. The molecule has 0 bridgehead atoms. The molecule has 176 valence electrons. The number of hydrogen-bond donors (Lipinski definition) is 1. The van der Waals surface area contributed by atoms with Crippen molar-refractivity contribution in [1.82, 2.24) is 10.2 Å². The van der Waals surface area contributed by atoms with Crippen LogP contribution in [0.5, 0.6) is 0 Å². The summed E-state index contributed by atoms with van der Waals surface area (Å²) >= 11 is 1.71. The van der Waals surface area contributed by atoms with Gasteiger partial charge in [-0.05, 0) is 110 Å². The van der Waals surface area contributed by atoms with Gasteiger partial charge in [0.25, 0.3) is 0 Å². The van der Waals surface area contributed by atoms with Gasteiger partial charge in [-0.3, -0.25) is 4.79 Å². The zero-order valence-electron chi connectivity index (χ0n) is 20.4. The van der Waals surface area contributed by atoms with Crippen LogP contribution in [0, 0.1) is 11.7 Å². The predicted molar refractivity (Wildman–Crippen MR) is 140 cm³/mol. The second-order valence-electron chi connectivity index (χ2n) is 8.41. The Labute approximate surface area is 202 Å². The van der Waals surface area contributed by atoms with E-state index in [1.807, 2.05) is 24.8 Å². The minimum absolute atomic E-state index is 0.101. The van der Waals surface area contributed by atoms with Crippen LogP contribution >= 0.6 is 11.8 Å². The molecule has 1 amide bonds. The first-order chi connectivity index (χ1) is 15.9. The topological polar surface area (TPSA) is 32.3 Å². The SMILES string of the molecule is CCNCCCN(CC)C(=O)C(C)C1=C(C)/C(=C/c2ccc(SC)cc2)c2ccc(F)cc21. The highest BCUT2D eigenvalue weighted by atomic mass is 32.2. The Morgan fingerprint density at radius 1 is 1.15 bits per heavy atom. The Balaban J connectivity index is 1.96. The Morgan fingerprint density at radius 2 is 1.88 bits per heavy atom. The zero-order valence-corrected chi connectivity index (χ0v) is 21.2. The molecule has 5 heteroatoms. The fraction of sp³-hybridized carbons (Fsp3) is 0.393. The van der Waals surface area contributed by atoms with Gasteiger partial charge >= 0.3 is 0 Å². The van der Waals surface area contributed by atoms with Crippen molar-refractivity contribution in [3.63, 3.8) is 0 Å². The summed E-state index contributed by atoms with van der Waals surface area (Å²) in [4.78, 5) is 16.6. The minimum atomic E-state index is -0.339. The second kappa shape index (κ2) is 11.7. The molecule has 0 saturated heterocycles. The third-order valence-corrected chi connectivity index (χ3v) is 7.07. The van der Waals surface area contributed by atoms with E-state index >= 15 is 0 Å². The number of rotatable bonds is 10. The number of nitrogens with one attached hydrogen (secondary N) is 1. The van der Waals surface area contributed by atoms with Crippen molar-refractivity contribution >= 4 is 34.9 Å². The molecule has 1 aliphatic carbocycles. The Bertz CT molecular complexity index is 1040. The highest BCUT2D eigenvalue weighted by Crippen LogP contribution is 2.46. The number of nitrogens with zero attached hydrogens (tertiary/aromatic N) is 1. The molecule has 3 nitrogen and oxygen atoms in total. The molecule has 2 aromatic carbocycles. The van der Waals surface area contributed by atoms with E-state index in [1.54, 1.807) is 17.8 Å². The van der Waals surface area contributed by atoms with Crippen LogP contribution in [-0.4, -0.2) is 43.2 Å².